The van der Waals surface area contributed by atoms with E-state index in [1.165, 1.54) is 12.1 Å². The smallest absolute Gasteiger partial charge is 0.247 e. The molecule has 7 nitrogen and oxygen atoms in total. The molecule has 0 amide bonds. The number of aromatic nitrogens is 3. The van der Waals surface area contributed by atoms with Crippen LogP contribution in [0.25, 0.3) is 0 Å². The lowest BCUT2D eigenvalue weighted by Crippen LogP contribution is -2.45. The van der Waals surface area contributed by atoms with Crippen LogP contribution in [0, 0.1) is 5.82 Å². The first kappa shape index (κ1) is 16.2. The average molecular weight is 345 g/mol. The summed E-state index contributed by atoms with van der Waals surface area (Å²) in [4.78, 5) is 6.62. The zero-order chi connectivity index (χ0) is 17.1. The first-order valence-electron chi connectivity index (χ1n) is 8.43. The number of halogens is 1. The Kier molecular flexibility index (Phi) is 4.46. The van der Waals surface area contributed by atoms with Crippen molar-refractivity contribution in [3.05, 3.63) is 41.8 Å². The molecule has 0 aliphatic carbocycles. The Morgan fingerprint density at radius 3 is 2.56 bits per heavy atom. The predicted molar refractivity (Wildman–Crippen MR) is 89.6 cm³/mol. The van der Waals surface area contributed by atoms with Gasteiger partial charge in [0.05, 0.1) is 19.4 Å². The van der Waals surface area contributed by atoms with E-state index in [2.05, 4.69) is 25.4 Å². The molecule has 2 aliphatic heterocycles. The minimum atomic E-state index is -0.414. The van der Waals surface area contributed by atoms with Gasteiger partial charge in [-0.05, 0) is 17.7 Å². The van der Waals surface area contributed by atoms with E-state index in [0.29, 0.717) is 31.5 Å². The molecular weight excluding hydrogens is 325 g/mol. The molecule has 4 rings (SSSR count). The third-order valence-electron chi connectivity index (χ3n) is 4.56. The molecule has 1 N–H and O–H groups in total. The van der Waals surface area contributed by atoms with Crippen LogP contribution in [0.1, 0.15) is 18.4 Å². The summed E-state index contributed by atoms with van der Waals surface area (Å²) in [6.07, 6.45) is 3.18. The number of hydrogen-bond donors (Lipinski definition) is 1. The molecule has 1 aromatic carbocycles. The number of anilines is 2. The van der Waals surface area contributed by atoms with Crippen molar-refractivity contribution in [2.24, 2.45) is 0 Å². The summed E-state index contributed by atoms with van der Waals surface area (Å²) >= 11 is 0. The van der Waals surface area contributed by atoms with Crippen molar-refractivity contribution in [1.82, 2.24) is 15.2 Å². The zero-order valence-electron chi connectivity index (χ0n) is 13.8. The summed E-state index contributed by atoms with van der Waals surface area (Å²) in [6.45, 7) is 3.41. The summed E-state index contributed by atoms with van der Waals surface area (Å²) in [6, 6.07) is 6.36. The molecule has 0 atom stereocenters. The van der Waals surface area contributed by atoms with Gasteiger partial charge in [-0.3, -0.25) is 0 Å². The Hall–Kier alpha value is -2.32. The van der Waals surface area contributed by atoms with E-state index >= 15 is 0 Å². The lowest BCUT2D eigenvalue weighted by Gasteiger charge is -2.37. The second-order valence-electron chi connectivity index (χ2n) is 6.22. The van der Waals surface area contributed by atoms with Gasteiger partial charge in [0.15, 0.2) is 11.6 Å². The van der Waals surface area contributed by atoms with Crippen molar-refractivity contribution in [2.75, 3.05) is 36.5 Å². The van der Waals surface area contributed by atoms with Crippen LogP contribution in [0.2, 0.25) is 0 Å². The maximum Gasteiger partial charge on any atom is 0.247 e. The highest BCUT2D eigenvalue weighted by Crippen LogP contribution is 2.32. The molecule has 8 heteroatoms. The summed E-state index contributed by atoms with van der Waals surface area (Å²) < 4.78 is 24.4. The molecule has 2 aliphatic rings. The monoisotopic (exact) mass is 345 g/mol. The van der Waals surface area contributed by atoms with Crippen LogP contribution in [0.4, 0.5) is 16.2 Å². The highest BCUT2D eigenvalue weighted by molar-refractivity contribution is 5.40. The Bertz CT molecular complexity index is 711. The van der Waals surface area contributed by atoms with Crippen LogP contribution in [-0.2, 0) is 16.0 Å². The average Bonchev–Trinajstić information content (AvgIpc) is 3.10. The molecular formula is C17H20FN5O2. The molecule has 0 saturated carbocycles. The molecule has 2 aromatic rings. The van der Waals surface area contributed by atoms with E-state index in [1.54, 1.807) is 18.3 Å². The summed E-state index contributed by atoms with van der Waals surface area (Å²) in [5.74, 6) is 0.579. The van der Waals surface area contributed by atoms with Crippen LogP contribution < -0.4 is 10.2 Å². The third-order valence-corrected chi connectivity index (χ3v) is 4.56. The van der Waals surface area contributed by atoms with Crippen molar-refractivity contribution in [2.45, 2.75) is 25.2 Å². The number of benzene rings is 1. The zero-order valence-corrected chi connectivity index (χ0v) is 13.8. The Morgan fingerprint density at radius 1 is 1.12 bits per heavy atom. The van der Waals surface area contributed by atoms with E-state index in [0.717, 1.165) is 31.5 Å². The predicted octanol–water partition coefficient (Wildman–Crippen LogP) is 1.97. The number of nitrogens with one attached hydrogen (secondary N) is 1. The lowest BCUT2D eigenvalue weighted by atomic mass is 10.0. The summed E-state index contributed by atoms with van der Waals surface area (Å²) in [7, 11) is 0. The van der Waals surface area contributed by atoms with Crippen molar-refractivity contribution in [3.8, 4) is 0 Å². The van der Waals surface area contributed by atoms with Crippen LogP contribution in [0.15, 0.2) is 30.5 Å². The van der Waals surface area contributed by atoms with Crippen LogP contribution in [0.5, 0.6) is 0 Å². The van der Waals surface area contributed by atoms with Gasteiger partial charge in [-0.15, -0.1) is 5.10 Å². The Labute approximate surface area is 145 Å². The Morgan fingerprint density at radius 2 is 1.84 bits per heavy atom. The number of hydrogen-bond acceptors (Lipinski definition) is 7. The van der Waals surface area contributed by atoms with E-state index in [9.17, 15) is 4.39 Å². The van der Waals surface area contributed by atoms with Gasteiger partial charge in [0, 0.05) is 32.5 Å². The van der Waals surface area contributed by atoms with Gasteiger partial charge in [-0.25, -0.2) is 4.39 Å². The molecule has 25 heavy (non-hydrogen) atoms. The summed E-state index contributed by atoms with van der Waals surface area (Å²) in [5.41, 5.74) is 0.969. The highest BCUT2D eigenvalue weighted by atomic mass is 19.1. The normalized spacial score (nSPS) is 19.3. The summed E-state index contributed by atoms with van der Waals surface area (Å²) in [5, 5.41) is 11.4. The fourth-order valence-corrected chi connectivity index (χ4v) is 3.14. The highest BCUT2D eigenvalue weighted by Gasteiger charge is 2.40. The van der Waals surface area contributed by atoms with Gasteiger partial charge < -0.3 is 19.7 Å². The van der Waals surface area contributed by atoms with Crippen molar-refractivity contribution >= 4 is 11.8 Å². The number of nitrogens with zero attached hydrogens (tertiary/aromatic N) is 4. The second kappa shape index (κ2) is 6.89. The topological polar surface area (TPSA) is 72.4 Å². The largest absolute Gasteiger partial charge is 0.365 e. The quantitative estimate of drug-likeness (QED) is 0.908. The van der Waals surface area contributed by atoms with Crippen LogP contribution >= 0.6 is 0 Å². The molecule has 2 fully saturated rings. The molecule has 132 valence electrons. The minimum absolute atomic E-state index is 0.243. The molecule has 2 saturated heterocycles. The van der Waals surface area contributed by atoms with Crippen molar-refractivity contribution in [1.29, 1.82) is 0 Å². The van der Waals surface area contributed by atoms with E-state index in [4.69, 9.17) is 9.47 Å². The minimum Gasteiger partial charge on any atom is -0.365 e. The van der Waals surface area contributed by atoms with Gasteiger partial charge in [0.1, 0.15) is 5.82 Å². The van der Waals surface area contributed by atoms with Gasteiger partial charge in [-0.2, -0.15) is 10.1 Å². The van der Waals surface area contributed by atoms with Gasteiger partial charge >= 0.3 is 0 Å². The maximum absolute atomic E-state index is 12.9. The maximum atomic E-state index is 12.9. The van der Waals surface area contributed by atoms with E-state index < -0.39 is 5.79 Å². The number of ether oxygens (including phenoxy) is 2. The van der Waals surface area contributed by atoms with Crippen molar-refractivity contribution < 1.29 is 13.9 Å². The number of rotatable bonds is 4. The first-order valence-corrected chi connectivity index (χ1v) is 8.43. The lowest BCUT2D eigenvalue weighted by molar-refractivity contribution is -0.169. The molecule has 1 aromatic heterocycles. The number of piperidine rings is 1. The van der Waals surface area contributed by atoms with E-state index in [-0.39, 0.29) is 5.82 Å². The van der Waals surface area contributed by atoms with Gasteiger partial charge in [0.25, 0.3) is 0 Å². The van der Waals surface area contributed by atoms with E-state index in [1.807, 2.05) is 0 Å². The molecule has 0 unspecified atom stereocenters. The van der Waals surface area contributed by atoms with Crippen LogP contribution in [0.3, 0.4) is 0 Å². The van der Waals surface area contributed by atoms with Gasteiger partial charge in [0.2, 0.25) is 5.95 Å². The standard InChI is InChI=1S/C17H20FN5O2/c18-14-3-1-13(2-4-14)11-19-15-12-20-22-16(21-15)23-7-5-17(6-8-23)24-9-10-25-17/h1-4,12H,5-11H2,(H,19,21,22). The molecule has 0 radical (unpaired) electrons. The first-order chi connectivity index (χ1) is 12.2. The molecule has 1 spiro atoms. The van der Waals surface area contributed by atoms with Gasteiger partial charge in [-0.1, -0.05) is 12.1 Å². The SMILES string of the molecule is Fc1ccc(CNc2cnnc(N3CCC4(CC3)OCCO4)n2)cc1. The molecule has 0 bridgehead atoms. The Balaban J connectivity index is 1.37. The molecule has 3 heterocycles. The van der Waals surface area contributed by atoms with Crippen LogP contribution in [-0.4, -0.2) is 47.3 Å². The fourth-order valence-electron chi connectivity index (χ4n) is 3.14. The van der Waals surface area contributed by atoms with Crippen molar-refractivity contribution in [3.63, 3.8) is 0 Å². The fraction of sp³-hybridized carbons (Fsp3) is 0.471. The third kappa shape index (κ3) is 3.69. The second-order valence-corrected chi connectivity index (χ2v) is 6.22.